The van der Waals surface area contributed by atoms with Gasteiger partial charge in [0.15, 0.2) is 0 Å². The highest BCUT2D eigenvalue weighted by Gasteiger charge is 2.24. The van der Waals surface area contributed by atoms with Crippen molar-refractivity contribution in [1.82, 2.24) is 9.88 Å². The van der Waals surface area contributed by atoms with E-state index in [9.17, 15) is 9.59 Å². The molecule has 1 atom stereocenters. The molecule has 2 amide bonds. The summed E-state index contributed by atoms with van der Waals surface area (Å²) >= 11 is 1.69. The minimum absolute atomic E-state index is 0.0902. The van der Waals surface area contributed by atoms with E-state index in [0.717, 1.165) is 25.1 Å². The summed E-state index contributed by atoms with van der Waals surface area (Å²) in [5.74, 6) is 0.880. The molecule has 1 aromatic carbocycles. The standard InChI is InChI=1S/C20H23N3O3S/c21-20(25)18-13-15(8-10-22-18)26-16-5-4-11-23(14-16)19(24)9-12-27-17-6-2-1-3-7-17/h1-3,6-8,10,13,16H,4-5,9,11-12,14H2,(H2,21,25). The van der Waals surface area contributed by atoms with Crippen LogP contribution in [0.15, 0.2) is 53.6 Å². The van der Waals surface area contributed by atoms with Gasteiger partial charge in [-0.25, -0.2) is 0 Å². The number of piperidine rings is 1. The summed E-state index contributed by atoms with van der Waals surface area (Å²) in [6, 6.07) is 13.3. The van der Waals surface area contributed by atoms with Crippen molar-refractivity contribution >= 4 is 23.6 Å². The van der Waals surface area contributed by atoms with Gasteiger partial charge in [-0.3, -0.25) is 14.6 Å². The maximum absolute atomic E-state index is 12.5. The highest BCUT2D eigenvalue weighted by Crippen LogP contribution is 2.21. The van der Waals surface area contributed by atoms with Crippen LogP contribution in [0.5, 0.6) is 5.75 Å². The lowest BCUT2D eigenvalue weighted by Crippen LogP contribution is -2.44. The molecule has 1 unspecified atom stereocenters. The van der Waals surface area contributed by atoms with E-state index in [-0.39, 0.29) is 17.7 Å². The number of hydrogen-bond acceptors (Lipinski definition) is 5. The zero-order chi connectivity index (χ0) is 19.1. The number of thioether (sulfide) groups is 1. The van der Waals surface area contributed by atoms with Gasteiger partial charge in [0.05, 0.1) is 6.54 Å². The maximum atomic E-state index is 12.5. The third-order valence-electron chi connectivity index (χ3n) is 4.35. The van der Waals surface area contributed by atoms with Gasteiger partial charge in [0.1, 0.15) is 17.5 Å². The first kappa shape index (κ1) is 19.2. The van der Waals surface area contributed by atoms with Crippen molar-refractivity contribution in [1.29, 1.82) is 0 Å². The molecule has 27 heavy (non-hydrogen) atoms. The van der Waals surface area contributed by atoms with Gasteiger partial charge in [-0.15, -0.1) is 11.8 Å². The SMILES string of the molecule is NC(=O)c1cc(OC2CCCN(C(=O)CCSc3ccccc3)C2)ccn1. The Morgan fingerprint density at radius 3 is 2.85 bits per heavy atom. The Morgan fingerprint density at radius 1 is 1.26 bits per heavy atom. The number of carbonyl (C=O) groups excluding carboxylic acids is 2. The lowest BCUT2D eigenvalue weighted by molar-refractivity contribution is -0.133. The summed E-state index contributed by atoms with van der Waals surface area (Å²) in [5, 5.41) is 0. The van der Waals surface area contributed by atoms with E-state index >= 15 is 0 Å². The molecule has 0 saturated carbocycles. The van der Waals surface area contributed by atoms with Crippen molar-refractivity contribution in [2.45, 2.75) is 30.3 Å². The molecule has 142 valence electrons. The molecule has 1 saturated heterocycles. The molecule has 2 N–H and O–H groups in total. The first-order chi connectivity index (χ1) is 13.1. The van der Waals surface area contributed by atoms with E-state index in [0.29, 0.717) is 18.7 Å². The zero-order valence-corrected chi connectivity index (χ0v) is 15.9. The van der Waals surface area contributed by atoms with Crippen LogP contribution < -0.4 is 10.5 Å². The number of pyridine rings is 1. The average Bonchev–Trinajstić information content (AvgIpc) is 2.69. The van der Waals surface area contributed by atoms with Crippen LogP contribution in [-0.4, -0.2) is 46.6 Å². The lowest BCUT2D eigenvalue weighted by Gasteiger charge is -2.33. The van der Waals surface area contributed by atoms with E-state index in [1.165, 1.54) is 11.1 Å². The Kier molecular flexibility index (Phi) is 6.70. The fraction of sp³-hybridized carbons (Fsp3) is 0.350. The number of benzene rings is 1. The van der Waals surface area contributed by atoms with Gasteiger partial charge < -0.3 is 15.4 Å². The fourth-order valence-electron chi connectivity index (χ4n) is 3.00. The number of hydrogen-bond donors (Lipinski definition) is 1. The number of likely N-dealkylation sites (tertiary alicyclic amines) is 1. The highest BCUT2D eigenvalue weighted by atomic mass is 32.2. The van der Waals surface area contributed by atoms with Gasteiger partial charge in [-0.1, -0.05) is 18.2 Å². The highest BCUT2D eigenvalue weighted by molar-refractivity contribution is 7.99. The Hall–Kier alpha value is -2.54. The van der Waals surface area contributed by atoms with Crippen molar-refractivity contribution in [2.75, 3.05) is 18.8 Å². The maximum Gasteiger partial charge on any atom is 0.267 e. The second-order valence-electron chi connectivity index (χ2n) is 6.37. The number of carbonyl (C=O) groups is 2. The number of nitrogens with zero attached hydrogens (tertiary/aromatic N) is 2. The van der Waals surface area contributed by atoms with Crippen LogP contribution in [0.2, 0.25) is 0 Å². The Balaban J connectivity index is 1.49. The van der Waals surface area contributed by atoms with E-state index in [1.807, 2.05) is 23.1 Å². The van der Waals surface area contributed by atoms with Crippen LogP contribution >= 0.6 is 11.8 Å². The fourth-order valence-corrected chi connectivity index (χ4v) is 3.87. The number of ether oxygens (including phenoxy) is 1. The Morgan fingerprint density at radius 2 is 2.07 bits per heavy atom. The van der Waals surface area contributed by atoms with Crippen LogP contribution in [0.25, 0.3) is 0 Å². The molecule has 1 aliphatic heterocycles. The van der Waals surface area contributed by atoms with E-state index < -0.39 is 5.91 Å². The monoisotopic (exact) mass is 385 g/mol. The molecule has 2 heterocycles. The summed E-state index contributed by atoms with van der Waals surface area (Å²) in [6.45, 7) is 1.32. The van der Waals surface area contributed by atoms with Gasteiger partial charge in [0.25, 0.3) is 5.91 Å². The van der Waals surface area contributed by atoms with E-state index in [4.69, 9.17) is 10.5 Å². The molecule has 2 aromatic rings. The second-order valence-corrected chi connectivity index (χ2v) is 7.54. The first-order valence-corrected chi connectivity index (χ1v) is 9.98. The predicted molar refractivity (Wildman–Crippen MR) is 105 cm³/mol. The van der Waals surface area contributed by atoms with E-state index in [2.05, 4.69) is 17.1 Å². The topological polar surface area (TPSA) is 85.5 Å². The lowest BCUT2D eigenvalue weighted by atomic mass is 10.1. The second kappa shape index (κ2) is 9.41. The summed E-state index contributed by atoms with van der Waals surface area (Å²) in [7, 11) is 0. The van der Waals surface area contributed by atoms with Gasteiger partial charge >= 0.3 is 0 Å². The van der Waals surface area contributed by atoms with Crippen LogP contribution in [-0.2, 0) is 4.79 Å². The minimum Gasteiger partial charge on any atom is -0.488 e. The van der Waals surface area contributed by atoms with Crippen LogP contribution in [0, 0.1) is 0 Å². The summed E-state index contributed by atoms with van der Waals surface area (Å²) in [4.78, 5) is 30.7. The van der Waals surface area contributed by atoms with Gasteiger partial charge in [0, 0.05) is 35.9 Å². The van der Waals surface area contributed by atoms with Crippen LogP contribution in [0.1, 0.15) is 29.8 Å². The van der Waals surface area contributed by atoms with Gasteiger partial charge in [-0.05, 0) is 31.0 Å². The molecule has 7 heteroatoms. The van der Waals surface area contributed by atoms with Gasteiger partial charge in [-0.2, -0.15) is 0 Å². The number of nitrogens with two attached hydrogens (primary N) is 1. The Bertz CT molecular complexity index is 785. The third kappa shape index (κ3) is 5.72. The molecule has 1 aliphatic rings. The number of primary amides is 1. The van der Waals surface area contributed by atoms with Gasteiger partial charge in [0.2, 0.25) is 5.91 Å². The molecular weight excluding hydrogens is 362 g/mol. The van der Waals surface area contributed by atoms with E-state index in [1.54, 1.807) is 23.9 Å². The van der Waals surface area contributed by atoms with Crippen molar-refractivity contribution < 1.29 is 14.3 Å². The normalized spacial score (nSPS) is 16.7. The molecule has 1 aromatic heterocycles. The molecule has 3 rings (SSSR count). The quantitative estimate of drug-likeness (QED) is 0.741. The minimum atomic E-state index is -0.586. The number of amides is 2. The molecular formula is C20H23N3O3S. The van der Waals surface area contributed by atoms with Crippen LogP contribution in [0.3, 0.4) is 0 Å². The van der Waals surface area contributed by atoms with Crippen molar-refractivity contribution in [3.05, 3.63) is 54.4 Å². The zero-order valence-electron chi connectivity index (χ0n) is 15.0. The van der Waals surface area contributed by atoms with Crippen molar-refractivity contribution in [2.24, 2.45) is 5.73 Å². The molecule has 6 nitrogen and oxygen atoms in total. The number of rotatable bonds is 7. The Labute approximate surface area is 163 Å². The summed E-state index contributed by atoms with van der Waals surface area (Å²) < 4.78 is 5.95. The predicted octanol–water partition coefficient (Wildman–Crippen LogP) is 2.73. The summed E-state index contributed by atoms with van der Waals surface area (Å²) in [5.41, 5.74) is 5.43. The molecule has 0 radical (unpaired) electrons. The van der Waals surface area contributed by atoms with Crippen molar-refractivity contribution in [3.8, 4) is 5.75 Å². The third-order valence-corrected chi connectivity index (χ3v) is 5.36. The molecule has 0 spiro atoms. The molecule has 0 bridgehead atoms. The first-order valence-electron chi connectivity index (χ1n) is 9.00. The summed E-state index contributed by atoms with van der Waals surface area (Å²) in [6.07, 6.45) is 3.69. The smallest absolute Gasteiger partial charge is 0.267 e. The number of aromatic nitrogens is 1. The largest absolute Gasteiger partial charge is 0.488 e. The average molecular weight is 385 g/mol. The van der Waals surface area contributed by atoms with Crippen molar-refractivity contribution in [3.63, 3.8) is 0 Å². The molecule has 1 fully saturated rings. The molecule has 0 aliphatic carbocycles. The van der Waals surface area contributed by atoms with Crippen LogP contribution in [0.4, 0.5) is 0 Å².